The summed E-state index contributed by atoms with van der Waals surface area (Å²) in [5.74, 6) is 0.454. The van der Waals surface area contributed by atoms with Gasteiger partial charge in [0.2, 0.25) is 5.91 Å². The standard InChI is InChI=1S/C12H16N2O2S/c13-11(15)6-1-2-7-16-10-5-3-4-9(8-10)12(14)17/h3-5,8H,1-2,6-7H2,(H2,13,15)(H2,14,17). The van der Waals surface area contributed by atoms with Crippen molar-refractivity contribution in [1.82, 2.24) is 0 Å². The summed E-state index contributed by atoms with van der Waals surface area (Å²) < 4.78 is 5.51. The van der Waals surface area contributed by atoms with E-state index in [0.717, 1.165) is 24.2 Å². The summed E-state index contributed by atoms with van der Waals surface area (Å²) in [5.41, 5.74) is 11.3. The fourth-order valence-corrected chi connectivity index (χ4v) is 1.46. The van der Waals surface area contributed by atoms with E-state index < -0.39 is 0 Å². The van der Waals surface area contributed by atoms with Crippen molar-refractivity contribution in [2.24, 2.45) is 11.5 Å². The van der Waals surface area contributed by atoms with Gasteiger partial charge in [0.1, 0.15) is 10.7 Å². The number of primary amides is 1. The third-order valence-electron chi connectivity index (χ3n) is 2.20. The molecule has 1 amide bonds. The summed E-state index contributed by atoms with van der Waals surface area (Å²) in [6.07, 6.45) is 1.93. The molecule has 0 radical (unpaired) electrons. The second-order valence-electron chi connectivity index (χ2n) is 3.66. The van der Waals surface area contributed by atoms with Gasteiger partial charge in [-0.2, -0.15) is 0 Å². The van der Waals surface area contributed by atoms with Gasteiger partial charge in [-0.3, -0.25) is 4.79 Å². The average molecular weight is 252 g/mol. The number of carbonyl (C=O) groups is 1. The Morgan fingerprint density at radius 1 is 1.29 bits per heavy atom. The fourth-order valence-electron chi connectivity index (χ4n) is 1.33. The molecule has 0 fully saturated rings. The molecule has 1 aromatic rings. The molecule has 0 unspecified atom stereocenters. The first-order valence-electron chi connectivity index (χ1n) is 5.40. The molecule has 0 aromatic heterocycles. The molecule has 0 aliphatic rings. The SMILES string of the molecule is NC(=O)CCCCOc1cccc(C(N)=S)c1. The maximum absolute atomic E-state index is 10.5. The predicted molar refractivity (Wildman–Crippen MR) is 70.9 cm³/mol. The maximum Gasteiger partial charge on any atom is 0.217 e. The number of thiocarbonyl (C=S) groups is 1. The van der Waals surface area contributed by atoms with E-state index in [1.165, 1.54) is 0 Å². The largest absolute Gasteiger partial charge is 0.494 e. The molecular formula is C12H16N2O2S. The first-order chi connectivity index (χ1) is 8.09. The topological polar surface area (TPSA) is 78.3 Å². The number of ether oxygens (including phenoxy) is 1. The number of benzene rings is 1. The van der Waals surface area contributed by atoms with Crippen LogP contribution in [0.5, 0.6) is 5.75 Å². The first kappa shape index (κ1) is 13.4. The minimum absolute atomic E-state index is 0.277. The van der Waals surface area contributed by atoms with Crippen LogP contribution < -0.4 is 16.2 Å². The number of nitrogens with two attached hydrogens (primary N) is 2. The quantitative estimate of drug-likeness (QED) is 0.567. The normalized spacial score (nSPS) is 9.88. The fraction of sp³-hybridized carbons (Fsp3) is 0.333. The second-order valence-corrected chi connectivity index (χ2v) is 4.10. The zero-order valence-corrected chi connectivity index (χ0v) is 10.3. The Morgan fingerprint density at radius 3 is 2.71 bits per heavy atom. The summed E-state index contributed by atoms with van der Waals surface area (Å²) in [5, 5.41) is 0. The van der Waals surface area contributed by atoms with E-state index in [1.807, 2.05) is 18.2 Å². The molecule has 0 heterocycles. The van der Waals surface area contributed by atoms with Gasteiger partial charge in [0.05, 0.1) is 6.61 Å². The summed E-state index contributed by atoms with van der Waals surface area (Å²) >= 11 is 4.88. The lowest BCUT2D eigenvalue weighted by molar-refractivity contribution is -0.118. The van der Waals surface area contributed by atoms with E-state index in [4.69, 9.17) is 28.4 Å². The lowest BCUT2D eigenvalue weighted by atomic mass is 10.2. The van der Waals surface area contributed by atoms with Crippen LogP contribution >= 0.6 is 12.2 Å². The van der Waals surface area contributed by atoms with Crippen molar-refractivity contribution < 1.29 is 9.53 Å². The van der Waals surface area contributed by atoms with Gasteiger partial charge < -0.3 is 16.2 Å². The number of hydrogen-bond acceptors (Lipinski definition) is 3. The summed E-state index contributed by atoms with van der Waals surface area (Å²) in [6.45, 7) is 0.550. The van der Waals surface area contributed by atoms with Gasteiger partial charge in [-0.1, -0.05) is 24.4 Å². The third kappa shape index (κ3) is 5.31. The Balaban J connectivity index is 2.34. The average Bonchev–Trinajstić information content (AvgIpc) is 2.28. The van der Waals surface area contributed by atoms with Crippen LogP contribution in [-0.4, -0.2) is 17.5 Å². The van der Waals surface area contributed by atoms with Crippen molar-refractivity contribution in [1.29, 1.82) is 0 Å². The molecule has 0 atom stereocenters. The molecule has 5 heteroatoms. The van der Waals surface area contributed by atoms with Gasteiger partial charge >= 0.3 is 0 Å². The van der Waals surface area contributed by atoms with Crippen molar-refractivity contribution in [3.8, 4) is 5.75 Å². The Labute approximate surface area is 106 Å². The highest BCUT2D eigenvalue weighted by molar-refractivity contribution is 7.80. The lowest BCUT2D eigenvalue weighted by Crippen LogP contribution is -2.11. The molecule has 0 spiro atoms. The van der Waals surface area contributed by atoms with Crippen molar-refractivity contribution in [3.05, 3.63) is 29.8 Å². The third-order valence-corrected chi connectivity index (χ3v) is 2.44. The maximum atomic E-state index is 10.5. The number of unbranched alkanes of at least 4 members (excludes halogenated alkanes) is 1. The molecule has 17 heavy (non-hydrogen) atoms. The minimum atomic E-state index is -0.277. The van der Waals surface area contributed by atoms with Crippen LogP contribution in [0.4, 0.5) is 0 Å². The smallest absolute Gasteiger partial charge is 0.217 e. The number of hydrogen-bond donors (Lipinski definition) is 2. The van der Waals surface area contributed by atoms with E-state index in [9.17, 15) is 4.79 Å². The van der Waals surface area contributed by atoms with Crippen molar-refractivity contribution >= 4 is 23.1 Å². The zero-order valence-electron chi connectivity index (χ0n) is 9.52. The molecule has 4 N–H and O–H groups in total. The number of rotatable bonds is 7. The van der Waals surface area contributed by atoms with Crippen LogP contribution in [-0.2, 0) is 4.79 Å². The Morgan fingerprint density at radius 2 is 2.06 bits per heavy atom. The number of amides is 1. The van der Waals surface area contributed by atoms with Gasteiger partial charge in [-0.25, -0.2) is 0 Å². The monoisotopic (exact) mass is 252 g/mol. The van der Waals surface area contributed by atoms with Crippen LogP contribution in [0.3, 0.4) is 0 Å². The van der Waals surface area contributed by atoms with Crippen LogP contribution in [0, 0.1) is 0 Å². The van der Waals surface area contributed by atoms with Gasteiger partial charge in [0.15, 0.2) is 0 Å². The Hall–Kier alpha value is -1.62. The summed E-state index contributed by atoms with van der Waals surface area (Å²) in [4.78, 5) is 10.9. The van der Waals surface area contributed by atoms with Gasteiger partial charge in [-0.15, -0.1) is 0 Å². The number of carbonyl (C=O) groups excluding carboxylic acids is 1. The Bertz CT molecular complexity index is 407. The minimum Gasteiger partial charge on any atom is -0.494 e. The van der Waals surface area contributed by atoms with Crippen molar-refractivity contribution in [3.63, 3.8) is 0 Å². The molecule has 0 saturated heterocycles. The summed E-state index contributed by atoms with van der Waals surface area (Å²) in [7, 11) is 0. The molecule has 92 valence electrons. The molecule has 0 saturated carbocycles. The highest BCUT2D eigenvalue weighted by atomic mass is 32.1. The van der Waals surface area contributed by atoms with E-state index in [-0.39, 0.29) is 5.91 Å². The molecule has 1 aromatic carbocycles. The molecule has 0 aliphatic heterocycles. The molecule has 4 nitrogen and oxygen atoms in total. The highest BCUT2D eigenvalue weighted by Gasteiger charge is 1.99. The summed E-state index contributed by atoms with van der Waals surface area (Å²) in [6, 6.07) is 7.32. The molecule has 0 bridgehead atoms. The van der Waals surface area contributed by atoms with Crippen molar-refractivity contribution in [2.45, 2.75) is 19.3 Å². The van der Waals surface area contributed by atoms with Crippen molar-refractivity contribution in [2.75, 3.05) is 6.61 Å². The van der Waals surface area contributed by atoms with Gasteiger partial charge in [0, 0.05) is 12.0 Å². The van der Waals surface area contributed by atoms with Crippen LogP contribution in [0.25, 0.3) is 0 Å². The lowest BCUT2D eigenvalue weighted by Gasteiger charge is -2.07. The second kappa shape index (κ2) is 6.85. The highest BCUT2D eigenvalue weighted by Crippen LogP contribution is 2.13. The van der Waals surface area contributed by atoms with Gasteiger partial charge in [-0.05, 0) is 25.0 Å². The first-order valence-corrected chi connectivity index (χ1v) is 5.81. The van der Waals surface area contributed by atoms with Gasteiger partial charge in [0.25, 0.3) is 0 Å². The van der Waals surface area contributed by atoms with E-state index >= 15 is 0 Å². The molecular weight excluding hydrogens is 236 g/mol. The van der Waals surface area contributed by atoms with E-state index in [2.05, 4.69) is 0 Å². The van der Waals surface area contributed by atoms with Crippen LogP contribution in [0.15, 0.2) is 24.3 Å². The predicted octanol–water partition coefficient (Wildman–Crippen LogP) is 1.36. The zero-order chi connectivity index (χ0) is 12.7. The molecule has 1 rings (SSSR count). The Kier molecular flexibility index (Phi) is 5.42. The van der Waals surface area contributed by atoms with Crippen LogP contribution in [0.1, 0.15) is 24.8 Å². The van der Waals surface area contributed by atoms with E-state index in [1.54, 1.807) is 6.07 Å². The van der Waals surface area contributed by atoms with Crippen LogP contribution in [0.2, 0.25) is 0 Å². The molecule has 0 aliphatic carbocycles. The van der Waals surface area contributed by atoms with E-state index in [0.29, 0.717) is 18.0 Å².